The molecule has 1 amide bonds. The van der Waals surface area contributed by atoms with E-state index in [9.17, 15) is 4.79 Å². The largest absolute Gasteiger partial charge is 0.342 e. The fourth-order valence-electron chi connectivity index (χ4n) is 2.54. The van der Waals surface area contributed by atoms with E-state index in [1.54, 1.807) is 0 Å². The number of nitrogens with zero attached hydrogens (tertiary/aromatic N) is 1. The predicted molar refractivity (Wildman–Crippen MR) is 80.0 cm³/mol. The number of amides is 1. The Morgan fingerprint density at radius 1 is 1.56 bits per heavy atom. The van der Waals surface area contributed by atoms with Crippen molar-refractivity contribution in [1.82, 2.24) is 10.2 Å². The van der Waals surface area contributed by atoms with E-state index in [-0.39, 0.29) is 17.4 Å². The van der Waals surface area contributed by atoms with Crippen molar-refractivity contribution in [3.8, 4) is 0 Å². The maximum atomic E-state index is 12.6. The molecule has 4 heteroatoms. The molecule has 0 saturated carbocycles. The zero-order valence-corrected chi connectivity index (χ0v) is 13.3. The Morgan fingerprint density at radius 3 is 2.78 bits per heavy atom. The summed E-state index contributed by atoms with van der Waals surface area (Å²) in [5.41, 5.74) is 0.0722. The lowest BCUT2D eigenvalue weighted by molar-refractivity contribution is -0.137. The van der Waals surface area contributed by atoms with Gasteiger partial charge in [0.1, 0.15) is 0 Å². The molecule has 2 unspecified atom stereocenters. The van der Waals surface area contributed by atoms with E-state index in [4.69, 9.17) is 0 Å². The molecule has 0 spiro atoms. The molecule has 0 bridgehead atoms. The highest BCUT2D eigenvalue weighted by Gasteiger charge is 2.39. The number of hydrogen-bond acceptors (Lipinski definition) is 3. The zero-order valence-electron chi connectivity index (χ0n) is 12.5. The van der Waals surface area contributed by atoms with Crippen LogP contribution in [0.5, 0.6) is 0 Å². The van der Waals surface area contributed by atoms with Gasteiger partial charge in [0.05, 0.1) is 6.04 Å². The summed E-state index contributed by atoms with van der Waals surface area (Å²) in [7, 11) is 1.94. The van der Waals surface area contributed by atoms with Gasteiger partial charge in [-0.3, -0.25) is 4.79 Å². The maximum absolute atomic E-state index is 12.6. The topological polar surface area (TPSA) is 32.3 Å². The van der Waals surface area contributed by atoms with Crippen molar-refractivity contribution >= 4 is 17.7 Å². The molecule has 1 saturated heterocycles. The van der Waals surface area contributed by atoms with Crippen LogP contribution in [0.2, 0.25) is 0 Å². The maximum Gasteiger partial charge on any atom is 0.240 e. The molecule has 0 aromatic rings. The van der Waals surface area contributed by atoms with Gasteiger partial charge in [0, 0.05) is 13.1 Å². The molecule has 1 rings (SSSR count). The van der Waals surface area contributed by atoms with Gasteiger partial charge in [-0.15, -0.1) is 0 Å². The molecular weight excluding hydrogens is 244 g/mol. The van der Waals surface area contributed by atoms with Crippen LogP contribution in [0.3, 0.4) is 0 Å². The van der Waals surface area contributed by atoms with E-state index in [1.165, 1.54) is 6.42 Å². The van der Waals surface area contributed by atoms with Crippen molar-refractivity contribution in [1.29, 1.82) is 0 Å². The monoisotopic (exact) mass is 272 g/mol. The number of carbonyl (C=O) groups is 1. The molecule has 1 aliphatic heterocycles. The summed E-state index contributed by atoms with van der Waals surface area (Å²) in [5, 5.41) is 3.40. The fraction of sp³-hybridized carbons (Fsp3) is 0.929. The highest BCUT2D eigenvalue weighted by atomic mass is 32.2. The Bertz CT molecular complexity index is 281. The molecule has 18 heavy (non-hydrogen) atoms. The fourth-order valence-corrected chi connectivity index (χ4v) is 3.11. The lowest BCUT2D eigenvalue weighted by Gasteiger charge is -2.41. The van der Waals surface area contributed by atoms with Crippen molar-refractivity contribution in [2.75, 3.05) is 25.6 Å². The molecule has 1 heterocycles. The minimum Gasteiger partial charge on any atom is -0.342 e. The second-order valence-corrected chi connectivity index (χ2v) is 7.04. The van der Waals surface area contributed by atoms with Crippen LogP contribution in [0.15, 0.2) is 0 Å². The average molecular weight is 272 g/mol. The van der Waals surface area contributed by atoms with Gasteiger partial charge in [-0.1, -0.05) is 13.8 Å². The van der Waals surface area contributed by atoms with Crippen LogP contribution in [0.25, 0.3) is 0 Å². The second-order valence-electron chi connectivity index (χ2n) is 6.06. The first-order chi connectivity index (χ1) is 8.40. The number of likely N-dealkylation sites (N-methyl/N-ethyl adjacent to an activating group) is 1. The average Bonchev–Trinajstić information content (AvgIpc) is 2.33. The van der Waals surface area contributed by atoms with E-state index >= 15 is 0 Å². The molecule has 0 radical (unpaired) electrons. The quantitative estimate of drug-likeness (QED) is 0.834. The Kier molecular flexibility index (Phi) is 5.99. The standard InChI is InChI=1S/C14H28N2OS/c1-11(7-10-18-5)16(4)13(17)12-14(2,3)8-6-9-15-12/h11-12,15H,6-10H2,1-5H3. The van der Waals surface area contributed by atoms with Crippen LogP contribution in [-0.2, 0) is 4.79 Å². The first-order valence-electron chi connectivity index (χ1n) is 6.89. The highest BCUT2D eigenvalue weighted by molar-refractivity contribution is 7.98. The molecule has 2 atom stereocenters. The van der Waals surface area contributed by atoms with Crippen molar-refractivity contribution in [3.63, 3.8) is 0 Å². The highest BCUT2D eigenvalue weighted by Crippen LogP contribution is 2.31. The third-order valence-corrected chi connectivity index (χ3v) is 4.77. The number of rotatable bonds is 5. The van der Waals surface area contributed by atoms with Gasteiger partial charge < -0.3 is 10.2 Å². The van der Waals surface area contributed by atoms with Gasteiger partial charge in [0.25, 0.3) is 0 Å². The summed E-state index contributed by atoms with van der Waals surface area (Å²) in [6.07, 6.45) is 5.48. The predicted octanol–water partition coefficient (Wildman–Crippen LogP) is 2.36. The summed E-state index contributed by atoms with van der Waals surface area (Å²) in [5.74, 6) is 1.37. The van der Waals surface area contributed by atoms with Crippen LogP contribution < -0.4 is 5.32 Å². The number of hydrogen-bond donors (Lipinski definition) is 1. The lowest BCUT2D eigenvalue weighted by Crippen LogP contribution is -2.57. The summed E-state index contributed by atoms with van der Waals surface area (Å²) in [6, 6.07) is 0.303. The molecule has 0 aliphatic carbocycles. The molecule has 0 aromatic heterocycles. The van der Waals surface area contributed by atoms with Crippen molar-refractivity contribution < 1.29 is 4.79 Å². The third-order valence-electron chi connectivity index (χ3n) is 4.12. The van der Waals surface area contributed by atoms with Crippen LogP contribution in [-0.4, -0.2) is 48.5 Å². The van der Waals surface area contributed by atoms with Gasteiger partial charge in [-0.25, -0.2) is 0 Å². The number of piperidine rings is 1. The summed E-state index contributed by atoms with van der Waals surface area (Å²) < 4.78 is 0. The smallest absolute Gasteiger partial charge is 0.240 e. The first-order valence-corrected chi connectivity index (χ1v) is 8.28. The SMILES string of the molecule is CSCCC(C)N(C)C(=O)C1NCCCC1(C)C. The van der Waals surface area contributed by atoms with E-state index < -0.39 is 0 Å². The van der Waals surface area contributed by atoms with Gasteiger partial charge in [0.2, 0.25) is 5.91 Å². The molecule has 106 valence electrons. The Hall–Kier alpha value is -0.220. The zero-order chi connectivity index (χ0) is 13.8. The number of carbonyl (C=O) groups excluding carboxylic acids is 1. The molecule has 1 fully saturated rings. The van der Waals surface area contributed by atoms with Gasteiger partial charge in [-0.2, -0.15) is 11.8 Å². The summed E-state index contributed by atoms with van der Waals surface area (Å²) >= 11 is 1.84. The Labute approximate surface area is 116 Å². The van der Waals surface area contributed by atoms with Gasteiger partial charge >= 0.3 is 0 Å². The number of nitrogens with one attached hydrogen (secondary N) is 1. The summed E-state index contributed by atoms with van der Waals surface area (Å²) in [4.78, 5) is 14.5. The second kappa shape index (κ2) is 6.80. The molecule has 0 aromatic carbocycles. The van der Waals surface area contributed by atoms with Crippen molar-refractivity contribution in [2.45, 2.75) is 52.1 Å². The minimum atomic E-state index is -0.0204. The van der Waals surface area contributed by atoms with E-state index in [2.05, 4.69) is 32.3 Å². The lowest BCUT2D eigenvalue weighted by atomic mass is 9.77. The van der Waals surface area contributed by atoms with E-state index in [0.29, 0.717) is 6.04 Å². The van der Waals surface area contributed by atoms with Crippen LogP contribution in [0, 0.1) is 5.41 Å². The molecular formula is C14H28N2OS. The third kappa shape index (κ3) is 3.89. The minimum absolute atomic E-state index is 0.0204. The van der Waals surface area contributed by atoms with Crippen LogP contribution in [0.4, 0.5) is 0 Å². The summed E-state index contributed by atoms with van der Waals surface area (Å²) in [6.45, 7) is 7.50. The van der Waals surface area contributed by atoms with E-state index in [1.807, 2.05) is 23.7 Å². The van der Waals surface area contributed by atoms with Crippen molar-refractivity contribution in [3.05, 3.63) is 0 Å². The van der Waals surface area contributed by atoms with Crippen LogP contribution in [0.1, 0.15) is 40.0 Å². The Balaban J connectivity index is 2.61. The van der Waals surface area contributed by atoms with E-state index in [0.717, 1.165) is 25.1 Å². The normalized spacial score (nSPS) is 24.6. The first kappa shape index (κ1) is 15.8. The van der Waals surface area contributed by atoms with Gasteiger partial charge in [0.15, 0.2) is 0 Å². The van der Waals surface area contributed by atoms with Gasteiger partial charge in [-0.05, 0) is 50.2 Å². The Morgan fingerprint density at radius 2 is 2.22 bits per heavy atom. The number of thioether (sulfide) groups is 1. The molecule has 3 nitrogen and oxygen atoms in total. The molecule has 1 N–H and O–H groups in total. The van der Waals surface area contributed by atoms with Crippen LogP contribution >= 0.6 is 11.8 Å². The molecule has 1 aliphatic rings. The van der Waals surface area contributed by atoms with Crippen molar-refractivity contribution in [2.24, 2.45) is 5.41 Å².